The summed E-state index contributed by atoms with van der Waals surface area (Å²) in [5.41, 5.74) is 4.99. The molecule has 1 amide bonds. The molecular weight excluding hydrogens is 242 g/mol. The number of hydrogen-bond donors (Lipinski definition) is 2. The standard InChI is InChI=1S/C14H29N3O2/c1-6-8-14(9-7-2,12(15)16-19)13(18)17(5)10-11(3)4/h11,19H,6-10H2,1-5H3,(H2,15,16). The molecule has 0 spiro atoms. The van der Waals surface area contributed by atoms with Crippen molar-refractivity contribution in [2.24, 2.45) is 22.2 Å². The number of amides is 1. The Labute approximate surface area is 116 Å². The van der Waals surface area contributed by atoms with E-state index in [9.17, 15) is 4.79 Å². The number of rotatable bonds is 8. The van der Waals surface area contributed by atoms with Gasteiger partial charge in [0.05, 0.1) is 0 Å². The Kier molecular flexibility index (Phi) is 7.49. The van der Waals surface area contributed by atoms with Crippen molar-refractivity contribution >= 4 is 11.7 Å². The van der Waals surface area contributed by atoms with E-state index < -0.39 is 5.41 Å². The van der Waals surface area contributed by atoms with Gasteiger partial charge in [0.2, 0.25) is 5.91 Å². The second-order valence-corrected chi connectivity index (χ2v) is 5.65. The van der Waals surface area contributed by atoms with Crippen LogP contribution in [0.5, 0.6) is 0 Å². The lowest BCUT2D eigenvalue weighted by Crippen LogP contribution is -2.51. The summed E-state index contributed by atoms with van der Waals surface area (Å²) in [6, 6.07) is 0. The summed E-state index contributed by atoms with van der Waals surface area (Å²) in [4.78, 5) is 14.4. The van der Waals surface area contributed by atoms with Crippen molar-refractivity contribution in [3.63, 3.8) is 0 Å². The summed E-state index contributed by atoms with van der Waals surface area (Å²) in [5, 5.41) is 12.2. The van der Waals surface area contributed by atoms with E-state index >= 15 is 0 Å². The van der Waals surface area contributed by atoms with Gasteiger partial charge in [-0.3, -0.25) is 4.79 Å². The van der Waals surface area contributed by atoms with Gasteiger partial charge in [-0.05, 0) is 18.8 Å². The SMILES string of the molecule is CCCC(CCC)(C(=O)N(C)CC(C)C)C(N)=NO. The van der Waals surface area contributed by atoms with Crippen LogP contribution in [-0.2, 0) is 4.79 Å². The highest BCUT2D eigenvalue weighted by Crippen LogP contribution is 2.32. The maximum absolute atomic E-state index is 12.7. The number of hydrogen-bond acceptors (Lipinski definition) is 3. The monoisotopic (exact) mass is 271 g/mol. The molecule has 19 heavy (non-hydrogen) atoms. The molecule has 0 saturated heterocycles. The first-order valence-corrected chi connectivity index (χ1v) is 7.09. The molecule has 3 N–H and O–H groups in total. The zero-order valence-corrected chi connectivity index (χ0v) is 12.9. The van der Waals surface area contributed by atoms with E-state index in [1.165, 1.54) is 0 Å². The molecule has 0 saturated carbocycles. The lowest BCUT2D eigenvalue weighted by Gasteiger charge is -2.35. The van der Waals surface area contributed by atoms with Crippen LogP contribution >= 0.6 is 0 Å². The van der Waals surface area contributed by atoms with Gasteiger partial charge in [0, 0.05) is 13.6 Å². The molecule has 0 aromatic rings. The van der Waals surface area contributed by atoms with Gasteiger partial charge in [-0.1, -0.05) is 45.7 Å². The van der Waals surface area contributed by atoms with E-state index in [2.05, 4.69) is 19.0 Å². The average Bonchev–Trinajstić information content (AvgIpc) is 2.35. The Morgan fingerprint density at radius 2 is 1.79 bits per heavy atom. The van der Waals surface area contributed by atoms with Crippen molar-refractivity contribution < 1.29 is 10.0 Å². The zero-order chi connectivity index (χ0) is 15.1. The molecule has 0 rings (SSSR count). The lowest BCUT2D eigenvalue weighted by atomic mass is 9.76. The van der Waals surface area contributed by atoms with Gasteiger partial charge >= 0.3 is 0 Å². The summed E-state index contributed by atoms with van der Waals surface area (Å²) >= 11 is 0. The number of carbonyl (C=O) groups excluding carboxylic acids is 1. The summed E-state index contributed by atoms with van der Waals surface area (Å²) in [6.07, 6.45) is 2.85. The predicted molar refractivity (Wildman–Crippen MR) is 78.1 cm³/mol. The van der Waals surface area contributed by atoms with Gasteiger partial charge in [-0.15, -0.1) is 0 Å². The van der Waals surface area contributed by atoms with Crippen LogP contribution in [-0.4, -0.2) is 35.4 Å². The topological polar surface area (TPSA) is 78.9 Å². The Balaban J connectivity index is 5.36. The van der Waals surface area contributed by atoms with Gasteiger partial charge < -0.3 is 15.8 Å². The molecule has 0 aliphatic rings. The van der Waals surface area contributed by atoms with Gasteiger partial charge in [-0.2, -0.15) is 0 Å². The van der Waals surface area contributed by atoms with Gasteiger partial charge in [0.1, 0.15) is 5.41 Å². The Hall–Kier alpha value is -1.26. The van der Waals surface area contributed by atoms with E-state index in [0.717, 1.165) is 12.8 Å². The normalized spacial score (nSPS) is 12.8. The summed E-state index contributed by atoms with van der Waals surface area (Å²) in [5.74, 6) is 0.388. The fourth-order valence-corrected chi connectivity index (χ4v) is 2.65. The van der Waals surface area contributed by atoms with Crippen molar-refractivity contribution in [2.45, 2.75) is 53.4 Å². The molecule has 0 heterocycles. The van der Waals surface area contributed by atoms with Crippen molar-refractivity contribution in [2.75, 3.05) is 13.6 Å². The maximum atomic E-state index is 12.7. The van der Waals surface area contributed by atoms with Crippen molar-refractivity contribution in [1.82, 2.24) is 4.90 Å². The first-order valence-electron chi connectivity index (χ1n) is 7.09. The molecule has 0 radical (unpaired) electrons. The highest BCUT2D eigenvalue weighted by atomic mass is 16.4. The molecule has 0 aromatic carbocycles. The third-order valence-corrected chi connectivity index (χ3v) is 3.35. The minimum absolute atomic E-state index is 0.0387. The second-order valence-electron chi connectivity index (χ2n) is 5.65. The van der Waals surface area contributed by atoms with Crippen molar-refractivity contribution in [1.29, 1.82) is 0 Å². The minimum atomic E-state index is -0.859. The molecule has 5 heteroatoms. The van der Waals surface area contributed by atoms with Gasteiger partial charge in [-0.25, -0.2) is 0 Å². The molecule has 0 aliphatic heterocycles. The molecule has 0 unspecified atom stereocenters. The van der Waals surface area contributed by atoms with Crippen LogP contribution in [0.25, 0.3) is 0 Å². The van der Waals surface area contributed by atoms with E-state index in [1.54, 1.807) is 11.9 Å². The third kappa shape index (κ3) is 4.40. The van der Waals surface area contributed by atoms with E-state index in [1.807, 2.05) is 13.8 Å². The summed E-state index contributed by atoms with van der Waals surface area (Å²) < 4.78 is 0. The lowest BCUT2D eigenvalue weighted by molar-refractivity contribution is -0.138. The molecule has 0 atom stereocenters. The number of oxime groups is 1. The zero-order valence-electron chi connectivity index (χ0n) is 12.9. The first kappa shape index (κ1) is 17.7. The van der Waals surface area contributed by atoms with Gasteiger partial charge in [0.15, 0.2) is 5.84 Å². The van der Waals surface area contributed by atoms with Crippen molar-refractivity contribution in [3.8, 4) is 0 Å². The number of amidine groups is 1. The molecule has 0 aromatic heterocycles. The molecular formula is C14H29N3O2. The molecule has 0 bridgehead atoms. The van der Waals surface area contributed by atoms with Crippen LogP contribution in [0.1, 0.15) is 53.4 Å². The van der Waals surface area contributed by atoms with Crippen LogP contribution in [0.3, 0.4) is 0 Å². The quantitative estimate of drug-likeness (QED) is 0.308. The maximum Gasteiger partial charge on any atom is 0.236 e. The van der Waals surface area contributed by atoms with Gasteiger partial charge in [0.25, 0.3) is 0 Å². The minimum Gasteiger partial charge on any atom is -0.409 e. The Bertz CT molecular complexity index is 308. The highest BCUT2D eigenvalue weighted by Gasteiger charge is 2.43. The van der Waals surface area contributed by atoms with Crippen molar-refractivity contribution in [3.05, 3.63) is 0 Å². The summed E-state index contributed by atoms with van der Waals surface area (Å²) in [7, 11) is 1.78. The fraction of sp³-hybridized carbons (Fsp3) is 0.857. The number of nitrogens with zero attached hydrogens (tertiary/aromatic N) is 2. The average molecular weight is 271 g/mol. The van der Waals surface area contributed by atoms with Crippen LogP contribution in [0, 0.1) is 11.3 Å². The third-order valence-electron chi connectivity index (χ3n) is 3.35. The molecule has 5 nitrogen and oxygen atoms in total. The number of carbonyl (C=O) groups is 1. The Morgan fingerprint density at radius 1 is 1.32 bits per heavy atom. The second kappa shape index (κ2) is 8.02. The largest absolute Gasteiger partial charge is 0.409 e. The highest BCUT2D eigenvalue weighted by molar-refractivity contribution is 6.06. The van der Waals surface area contributed by atoms with E-state index in [4.69, 9.17) is 10.9 Å². The fourth-order valence-electron chi connectivity index (χ4n) is 2.65. The van der Waals surface area contributed by atoms with E-state index in [-0.39, 0.29) is 11.7 Å². The van der Waals surface area contributed by atoms with Crippen LogP contribution in [0.15, 0.2) is 5.16 Å². The summed E-state index contributed by atoms with van der Waals surface area (Å²) in [6.45, 7) is 8.81. The molecule has 112 valence electrons. The smallest absolute Gasteiger partial charge is 0.236 e. The molecule has 0 fully saturated rings. The van der Waals surface area contributed by atoms with Crippen LogP contribution in [0.4, 0.5) is 0 Å². The first-order chi connectivity index (χ1) is 8.85. The predicted octanol–water partition coefficient (Wildman–Crippen LogP) is 2.43. The van der Waals surface area contributed by atoms with E-state index in [0.29, 0.717) is 25.3 Å². The van der Waals surface area contributed by atoms with Crippen LogP contribution < -0.4 is 5.73 Å². The molecule has 0 aliphatic carbocycles. The Morgan fingerprint density at radius 3 is 2.11 bits per heavy atom. The van der Waals surface area contributed by atoms with Crippen LogP contribution in [0.2, 0.25) is 0 Å². The number of nitrogens with two attached hydrogens (primary N) is 1.